The van der Waals surface area contributed by atoms with Gasteiger partial charge in [-0.1, -0.05) is 0 Å². The Labute approximate surface area is 84.0 Å². The number of phenolic OH excluding ortho intramolecular Hbond substituents is 1. The van der Waals surface area contributed by atoms with Crippen LogP contribution in [0.4, 0.5) is 5.69 Å². The minimum Gasteiger partial charge on any atom is -0.508 e. The Bertz CT molecular complexity index is 554. The molecule has 0 amide bonds. The summed E-state index contributed by atoms with van der Waals surface area (Å²) < 4.78 is 0. The normalized spacial score (nSPS) is 10.4. The predicted octanol–water partition coefficient (Wildman–Crippen LogP) is 0.616. The van der Waals surface area contributed by atoms with Crippen molar-refractivity contribution in [3.63, 3.8) is 0 Å². The van der Waals surface area contributed by atoms with Crippen LogP contribution in [0.5, 0.6) is 5.75 Å². The molecule has 0 aliphatic carbocycles. The van der Waals surface area contributed by atoms with Crippen molar-refractivity contribution in [3.8, 4) is 5.75 Å². The summed E-state index contributed by atoms with van der Waals surface area (Å²) in [7, 11) is 0. The third-order valence-corrected chi connectivity index (χ3v) is 1.99. The van der Waals surface area contributed by atoms with Crippen molar-refractivity contribution in [3.05, 3.63) is 23.9 Å². The molecule has 0 aliphatic rings. The fraction of sp³-hybridized carbons (Fsp3) is 0. The minimum absolute atomic E-state index is 0.00135. The van der Waals surface area contributed by atoms with E-state index in [1.54, 1.807) is 0 Å². The second kappa shape index (κ2) is 3.09. The molecule has 0 saturated carbocycles. The number of phenols is 1. The van der Waals surface area contributed by atoms with Crippen molar-refractivity contribution in [2.75, 3.05) is 5.73 Å². The molecule has 2 aromatic rings. The lowest BCUT2D eigenvalue weighted by molar-refractivity contribution is 0.0691. The van der Waals surface area contributed by atoms with Gasteiger partial charge in [0.15, 0.2) is 5.69 Å². The van der Waals surface area contributed by atoms with Crippen molar-refractivity contribution in [1.29, 1.82) is 0 Å². The minimum atomic E-state index is -1.25. The second-order valence-corrected chi connectivity index (χ2v) is 2.97. The molecule has 0 spiro atoms. The van der Waals surface area contributed by atoms with Crippen LogP contribution in [0.1, 0.15) is 10.5 Å². The quantitative estimate of drug-likeness (QED) is 0.629. The smallest absolute Gasteiger partial charge is 0.358 e. The van der Waals surface area contributed by atoms with Crippen LogP contribution in [0.15, 0.2) is 18.2 Å². The third-order valence-electron chi connectivity index (χ3n) is 1.99. The van der Waals surface area contributed by atoms with Crippen LogP contribution in [0, 0.1) is 0 Å². The van der Waals surface area contributed by atoms with Crippen molar-refractivity contribution >= 4 is 22.6 Å². The van der Waals surface area contributed by atoms with Crippen LogP contribution in [-0.2, 0) is 0 Å². The van der Waals surface area contributed by atoms with E-state index in [2.05, 4.69) is 10.2 Å². The molecule has 0 fully saturated rings. The Kier molecular flexibility index (Phi) is 1.89. The fourth-order valence-electron chi connectivity index (χ4n) is 1.27. The highest BCUT2D eigenvalue weighted by Crippen LogP contribution is 2.24. The lowest BCUT2D eigenvalue weighted by Gasteiger charge is -2.03. The maximum Gasteiger partial charge on any atom is 0.358 e. The summed E-state index contributed by atoms with van der Waals surface area (Å²) in [5.74, 6) is -1.25. The first-order valence-electron chi connectivity index (χ1n) is 4.08. The number of benzene rings is 1. The summed E-state index contributed by atoms with van der Waals surface area (Å²) in [6.07, 6.45) is 0. The largest absolute Gasteiger partial charge is 0.508 e. The maximum atomic E-state index is 10.7. The SMILES string of the molecule is Nc1c(C(=O)O)nnc2ccc(O)cc12. The average Bonchev–Trinajstić information content (AvgIpc) is 2.19. The molecule has 6 nitrogen and oxygen atoms in total. The van der Waals surface area contributed by atoms with E-state index in [1.807, 2.05) is 0 Å². The first-order chi connectivity index (χ1) is 7.09. The summed E-state index contributed by atoms with van der Waals surface area (Å²) in [6.45, 7) is 0. The van der Waals surface area contributed by atoms with Crippen LogP contribution >= 0.6 is 0 Å². The zero-order valence-corrected chi connectivity index (χ0v) is 7.51. The molecule has 0 aliphatic heterocycles. The van der Waals surface area contributed by atoms with Crippen LogP contribution in [0.25, 0.3) is 10.9 Å². The van der Waals surface area contributed by atoms with Gasteiger partial charge in [-0.3, -0.25) is 0 Å². The van der Waals surface area contributed by atoms with Crippen molar-refractivity contribution in [2.24, 2.45) is 0 Å². The molecule has 1 heterocycles. The number of nitrogen functional groups attached to an aromatic ring is 1. The monoisotopic (exact) mass is 205 g/mol. The van der Waals surface area contributed by atoms with Gasteiger partial charge >= 0.3 is 5.97 Å². The number of rotatable bonds is 1. The molecule has 0 radical (unpaired) electrons. The van der Waals surface area contributed by atoms with Crippen LogP contribution < -0.4 is 5.73 Å². The van der Waals surface area contributed by atoms with E-state index in [-0.39, 0.29) is 17.1 Å². The number of hydrogen-bond donors (Lipinski definition) is 3. The number of hydrogen-bond acceptors (Lipinski definition) is 5. The molecule has 0 saturated heterocycles. The van der Waals surface area contributed by atoms with Gasteiger partial charge in [0.1, 0.15) is 5.75 Å². The number of aromatic nitrogens is 2. The molecule has 0 atom stereocenters. The van der Waals surface area contributed by atoms with Gasteiger partial charge < -0.3 is 15.9 Å². The highest BCUT2D eigenvalue weighted by atomic mass is 16.4. The summed E-state index contributed by atoms with van der Waals surface area (Å²) in [6, 6.07) is 4.29. The number of nitrogens with zero attached hydrogens (tertiary/aromatic N) is 2. The van der Waals surface area contributed by atoms with E-state index in [0.717, 1.165) is 0 Å². The number of carboxylic acid groups (broad SMARTS) is 1. The number of aromatic hydroxyl groups is 1. The first-order valence-corrected chi connectivity index (χ1v) is 4.08. The summed E-state index contributed by atoms with van der Waals surface area (Å²) in [5.41, 5.74) is 5.73. The van der Waals surface area contributed by atoms with Crippen LogP contribution in [-0.4, -0.2) is 26.4 Å². The molecule has 1 aromatic carbocycles. The van der Waals surface area contributed by atoms with Gasteiger partial charge in [0.25, 0.3) is 0 Å². The topological polar surface area (TPSA) is 109 Å². The Balaban J connectivity index is 2.82. The Hall–Kier alpha value is -2.37. The van der Waals surface area contributed by atoms with Crippen molar-refractivity contribution in [1.82, 2.24) is 10.2 Å². The number of aromatic carboxylic acids is 1. The summed E-state index contributed by atoms with van der Waals surface area (Å²) >= 11 is 0. The van der Waals surface area contributed by atoms with E-state index >= 15 is 0 Å². The molecule has 2 rings (SSSR count). The van der Waals surface area contributed by atoms with Gasteiger partial charge in [-0.05, 0) is 18.2 Å². The van der Waals surface area contributed by atoms with Gasteiger partial charge in [-0.25, -0.2) is 4.79 Å². The molecular formula is C9H7N3O3. The van der Waals surface area contributed by atoms with E-state index in [0.29, 0.717) is 10.9 Å². The number of nitrogens with two attached hydrogens (primary N) is 1. The molecule has 6 heteroatoms. The van der Waals surface area contributed by atoms with Gasteiger partial charge in [0.2, 0.25) is 0 Å². The summed E-state index contributed by atoms with van der Waals surface area (Å²) in [4.78, 5) is 10.7. The molecular weight excluding hydrogens is 198 g/mol. The van der Waals surface area contributed by atoms with Crippen molar-refractivity contribution < 1.29 is 15.0 Å². The van der Waals surface area contributed by atoms with E-state index < -0.39 is 5.97 Å². The molecule has 4 N–H and O–H groups in total. The number of anilines is 1. The number of carbonyl (C=O) groups is 1. The third kappa shape index (κ3) is 1.41. The first kappa shape index (κ1) is 9.20. The van der Waals surface area contributed by atoms with Gasteiger partial charge in [-0.2, -0.15) is 0 Å². The lowest BCUT2D eigenvalue weighted by atomic mass is 10.1. The number of carboxylic acids is 1. The Morgan fingerprint density at radius 1 is 1.33 bits per heavy atom. The Morgan fingerprint density at radius 2 is 2.07 bits per heavy atom. The van der Waals surface area contributed by atoms with E-state index in [4.69, 9.17) is 10.8 Å². The van der Waals surface area contributed by atoms with E-state index in [9.17, 15) is 9.90 Å². The molecule has 0 unspecified atom stereocenters. The maximum absolute atomic E-state index is 10.7. The average molecular weight is 205 g/mol. The summed E-state index contributed by atoms with van der Waals surface area (Å²) in [5, 5.41) is 25.5. The molecule has 76 valence electrons. The highest BCUT2D eigenvalue weighted by Gasteiger charge is 2.13. The van der Waals surface area contributed by atoms with E-state index in [1.165, 1.54) is 18.2 Å². The number of fused-ring (bicyclic) bond motifs is 1. The molecule has 15 heavy (non-hydrogen) atoms. The molecule has 0 bridgehead atoms. The van der Waals surface area contributed by atoms with Gasteiger partial charge in [0.05, 0.1) is 11.2 Å². The zero-order valence-electron chi connectivity index (χ0n) is 7.51. The van der Waals surface area contributed by atoms with Crippen LogP contribution in [0.2, 0.25) is 0 Å². The molecule has 1 aromatic heterocycles. The Morgan fingerprint density at radius 3 is 2.73 bits per heavy atom. The predicted molar refractivity (Wildman–Crippen MR) is 52.6 cm³/mol. The standard InChI is InChI=1S/C9H7N3O3/c10-7-5-3-4(13)1-2-6(5)11-12-8(7)9(14)15/h1-3,13H,(H2,10,11)(H,14,15). The van der Waals surface area contributed by atoms with Crippen molar-refractivity contribution in [2.45, 2.75) is 0 Å². The van der Waals surface area contributed by atoms with Gasteiger partial charge in [-0.15, -0.1) is 10.2 Å². The van der Waals surface area contributed by atoms with Crippen LogP contribution in [0.3, 0.4) is 0 Å². The lowest BCUT2D eigenvalue weighted by Crippen LogP contribution is -2.07. The fourth-order valence-corrected chi connectivity index (χ4v) is 1.27. The van der Waals surface area contributed by atoms with Gasteiger partial charge in [0, 0.05) is 5.39 Å². The zero-order chi connectivity index (χ0) is 11.0. The highest BCUT2D eigenvalue weighted by molar-refractivity contribution is 6.01. The second-order valence-electron chi connectivity index (χ2n) is 2.97.